The van der Waals surface area contributed by atoms with Gasteiger partial charge in [-0.25, -0.2) is 0 Å². The van der Waals surface area contributed by atoms with Crippen molar-refractivity contribution in [1.82, 2.24) is 5.32 Å². The zero-order valence-corrected chi connectivity index (χ0v) is 11.4. The summed E-state index contributed by atoms with van der Waals surface area (Å²) in [6.45, 7) is 9.00. The number of hydrogen-bond acceptors (Lipinski definition) is 1. The van der Waals surface area contributed by atoms with Crippen LogP contribution in [-0.2, 0) is 6.54 Å². The molecule has 0 amide bonds. The number of nitrogens with one attached hydrogen (secondary N) is 1. The van der Waals surface area contributed by atoms with Crippen LogP contribution in [0.4, 0.5) is 0 Å². The second kappa shape index (κ2) is 5.22. The SMILES string of the molecule is CCC(C)(C)CNCc1cccc(C2CC2)c1. The van der Waals surface area contributed by atoms with Gasteiger partial charge in [0, 0.05) is 13.1 Å². The smallest absolute Gasteiger partial charge is 0.0205 e. The average molecular weight is 231 g/mol. The number of rotatable bonds is 6. The summed E-state index contributed by atoms with van der Waals surface area (Å²) < 4.78 is 0. The zero-order chi connectivity index (χ0) is 12.3. The lowest BCUT2D eigenvalue weighted by Gasteiger charge is -2.23. The molecule has 0 radical (unpaired) electrons. The van der Waals surface area contributed by atoms with Crippen molar-refractivity contribution < 1.29 is 0 Å². The van der Waals surface area contributed by atoms with Crippen molar-refractivity contribution in [3.8, 4) is 0 Å². The van der Waals surface area contributed by atoms with E-state index in [9.17, 15) is 0 Å². The van der Waals surface area contributed by atoms with Gasteiger partial charge in [-0.3, -0.25) is 0 Å². The van der Waals surface area contributed by atoms with Crippen molar-refractivity contribution in [2.24, 2.45) is 5.41 Å². The number of benzene rings is 1. The molecule has 0 bridgehead atoms. The van der Waals surface area contributed by atoms with Gasteiger partial charge in [0.2, 0.25) is 0 Å². The Bertz CT molecular complexity index is 364. The van der Waals surface area contributed by atoms with Crippen LogP contribution in [0, 0.1) is 5.41 Å². The van der Waals surface area contributed by atoms with Gasteiger partial charge in [0.1, 0.15) is 0 Å². The van der Waals surface area contributed by atoms with E-state index in [1.165, 1.54) is 24.8 Å². The molecule has 1 nitrogen and oxygen atoms in total. The molecule has 1 N–H and O–H groups in total. The van der Waals surface area contributed by atoms with Crippen molar-refractivity contribution in [2.75, 3.05) is 6.54 Å². The van der Waals surface area contributed by atoms with Crippen LogP contribution >= 0.6 is 0 Å². The molecule has 0 unspecified atom stereocenters. The summed E-state index contributed by atoms with van der Waals surface area (Å²) in [6.07, 6.45) is 4.00. The van der Waals surface area contributed by atoms with Gasteiger partial charge < -0.3 is 5.32 Å². The fourth-order valence-electron chi connectivity index (χ4n) is 2.04. The maximum absolute atomic E-state index is 3.58. The summed E-state index contributed by atoms with van der Waals surface area (Å²) in [5.74, 6) is 0.863. The Hall–Kier alpha value is -0.820. The van der Waals surface area contributed by atoms with Gasteiger partial charge in [0.15, 0.2) is 0 Å². The monoisotopic (exact) mass is 231 g/mol. The lowest BCUT2D eigenvalue weighted by Crippen LogP contribution is -2.28. The van der Waals surface area contributed by atoms with E-state index in [-0.39, 0.29) is 0 Å². The molecule has 1 aromatic carbocycles. The van der Waals surface area contributed by atoms with Gasteiger partial charge in [-0.15, -0.1) is 0 Å². The molecule has 0 heterocycles. The fraction of sp³-hybridized carbons (Fsp3) is 0.625. The molecular weight excluding hydrogens is 206 g/mol. The second-order valence-electron chi connectivity index (χ2n) is 6.14. The van der Waals surface area contributed by atoms with Crippen LogP contribution in [0.3, 0.4) is 0 Å². The van der Waals surface area contributed by atoms with Crippen molar-refractivity contribution in [1.29, 1.82) is 0 Å². The van der Waals surface area contributed by atoms with E-state index in [1.807, 2.05) is 0 Å². The topological polar surface area (TPSA) is 12.0 Å². The van der Waals surface area contributed by atoms with Gasteiger partial charge in [-0.05, 0) is 41.7 Å². The first-order chi connectivity index (χ1) is 8.11. The van der Waals surface area contributed by atoms with E-state index < -0.39 is 0 Å². The third-order valence-electron chi connectivity index (χ3n) is 3.89. The summed E-state index contributed by atoms with van der Waals surface area (Å²) >= 11 is 0. The van der Waals surface area contributed by atoms with E-state index in [1.54, 1.807) is 5.56 Å². The molecule has 1 aliphatic carbocycles. The summed E-state index contributed by atoms with van der Waals surface area (Å²) in [5.41, 5.74) is 3.38. The molecule has 0 aromatic heterocycles. The van der Waals surface area contributed by atoms with Gasteiger partial charge in [-0.2, -0.15) is 0 Å². The van der Waals surface area contributed by atoms with Gasteiger partial charge in [0.25, 0.3) is 0 Å². The first kappa shape index (κ1) is 12.6. The minimum absolute atomic E-state index is 0.411. The highest BCUT2D eigenvalue weighted by Gasteiger charge is 2.23. The maximum atomic E-state index is 3.58. The summed E-state index contributed by atoms with van der Waals surface area (Å²) in [4.78, 5) is 0. The van der Waals surface area contributed by atoms with Crippen LogP contribution in [-0.4, -0.2) is 6.54 Å². The molecule has 0 spiro atoms. The Morgan fingerprint density at radius 1 is 1.29 bits per heavy atom. The third kappa shape index (κ3) is 3.85. The van der Waals surface area contributed by atoms with Crippen molar-refractivity contribution in [3.63, 3.8) is 0 Å². The van der Waals surface area contributed by atoms with Crippen LogP contribution < -0.4 is 5.32 Å². The van der Waals surface area contributed by atoms with E-state index in [2.05, 4.69) is 50.4 Å². The maximum Gasteiger partial charge on any atom is 0.0205 e. The molecule has 0 atom stereocenters. The van der Waals surface area contributed by atoms with Crippen molar-refractivity contribution in [3.05, 3.63) is 35.4 Å². The lowest BCUT2D eigenvalue weighted by atomic mass is 9.90. The third-order valence-corrected chi connectivity index (χ3v) is 3.89. The minimum atomic E-state index is 0.411. The molecule has 0 saturated heterocycles. The Labute approximate surface area is 106 Å². The Morgan fingerprint density at radius 2 is 2.06 bits per heavy atom. The molecule has 0 aliphatic heterocycles. The first-order valence-electron chi connectivity index (χ1n) is 6.90. The Balaban J connectivity index is 1.84. The summed E-state index contributed by atoms with van der Waals surface area (Å²) in [5, 5.41) is 3.58. The highest BCUT2D eigenvalue weighted by molar-refractivity contribution is 5.29. The fourth-order valence-corrected chi connectivity index (χ4v) is 2.04. The van der Waals surface area contributed by atoms with Crippen LogP contribution in [0.15, 0.2) is 24.3 Å². The van der Waals surface area contributed by atoms with E-state index in [4.69, 9.17) is 0 Å². The highest BCUT2D eigenvalue weighted by atomic mass is 14.9. The predicted molar refractivity (Wildman–Crippen MR) is 74.2 cm³/mol. The standard InChI is InChI=1S/C16H25N/c1-4-16(2,3)12-17-11-13-6-5-7-15(10-13)14-8-9-14/h5-7,10,14,17H,4,8-9,11-12H2,1-3H3. The molecule has 17 heavy (non-hydrogen) atoms. The van der Waals surface area contributed by atoms with Gasteiger partial charge in [-0.1, -0.05) is 45.0 Å². The summed E-state index contributed by atoms with van der Waals surface area (Å²) in [7, 11) is 0. The second-order valence-corrected chi connectivity index (χ2v) is 6.14. The van der Waals surface area contributed by atoms with Crippen LogP contribution in [0.5, 0.6) is 0 Å². The molecule has 1 aliphatic rings. The van der Waals surface area contributed by atoms with Crippen molar-refractivity contribution in [2.45, 2.75) is 52.5 Å². The first-order valence-corrected chi connectivity index (χ1v) is 6.90. The van der Waals surface area contributed by atoms with Crippen LogP contribution in [0.25, 0.3) is 0 Å². The van der Waals surface area contributed by atoms with Gasteiger partial charge in [0.05, 0.1) is 0 Å². The molecule has 1 aromatic rings. The predicted octanol–water partition coefficient (Wildman–Crippen LogP) is 4.09. The van der Waals surface area contributed by atoms with E-state index in [0.717, 1.165) is 19.0 Å². The quantitative estimate of drug-likeness (QED) is 0.777. The van der Waals surface area contributed by atoms with E-state index in [0.29, 0.717) is 5.41 Å². The molecule has 94 valence electrons. The molecule has 1 saturated carbocycles. The Morgan fingerprint density at radius 3 is 2.71 bits per heavy atom. The van der Waals surface area contributed by atoms with E-state index >= 15 is 0 Å². The van der Waals surface area contributed by atoms with Crippen LogP contribution in [0.1, 0.15) is 57.1 Å². The minimum Gasteiger partial charge on any atom is -0.312 e. The zero-order valence-electron chi connectivity index (χ0n) is 11.4. The molecule has 1 fully saturated rings. The largest absolute Gasteiger partial charge is 0.312 e. The highest BCUT2D eigenvalue weighted by Crippen LogP contribution is 2.40. The Kier molecular flexibility index (Phi) is 3.88. The van der Waals surface area contributed by atoms with Gasteiger partial charge >= 0.3 is 0 Å². The number of hydrogen-bond donors (Lipinski definition) is 1. The van der Waals surface area contributed by atoms with Crippen molar-refractivity contribution >= 4 is 0 Å². The molecular formula is C16H25N. The molecule has 2 rings (SSSR count). The average Bonchev–Trinajstić information content (AvgIpc) is 3.13. The normalized spacial score (nSPS) is 16.2. The molecule has 1 heteroatoms. The van der Waals surface area contributed by atoms with Crippen LogP contribution in [0.2, 0.25) is 0 Å². The summed E-state index contributed by atoms with van der Waals surface area (Å²) in [6, 6.07) is 9.09. The lowest BCUT2D eigenvalue weighted by molar-refractivity contribution is 0.327.